The van der Waals surface area contributed by atoms with Crippen molar-refractivity contribution in [3.05, 3.63) is 94.5 Å². The zero-order chi connectivity index (χ0) is 19.2. The summed E-state index contributed by atoms with van der Waals surface area (Å²) in [5, 5.41) is 13.5. The third-order valence-corrected chi connectivity index (χ3v) is 4.25. The molecule has 0 aliphatic heterocycles. The lowest BCUT2D eigenvalue weighted by Crippen LogP contribution is -2.01. The minimum atomic E-state index is 0.540. The number of aryl methyl sites for hydroxylation is 4. The molecule has 0 heterocycles. The fourth-order valence-electron chi connectivity index (χ4n) is 2.90. The monoisotopic (exact) mass is 356 g/mol. The molecule has 0 spiro atoms. The summed E-state index contributed by atoms with van der Waals surface area (Å²) in [5.74, 6) is 0.540. The predicted molar refractivity (Wildman–Crippen MR) is 113 cm³/mol. The number of benzene rings is 3. The molecule has 0 amide bonds. The molecule has 0 aromatic heterocycles. The lowest BCUT2D eigenvalue weighted by atomic mass is 10.1. The molecule has 3 rings (SSSR count). The molecule has 0 aliphatic rings. The second-order valence-electron chi connectivity index (χ2n) is 6.73. The average Bonchev–Trinajstić information content (AvgIpc) is 2.65. The Kier molecular flexibility index (Phi) is 5.77. The highest BCUT2D eigenvalue weighted by molar-refractivity contribution is 5.99. The van der Waals surface area contributed by atoms with Crippen molar-refractivity contribution in [1.82, 2.24) is 0 Å². The topological polar surface area (TPSA) is 49.1 Å². The van der Waals surface area contributed by atoms with E-state index in [1.165, 1.54) is 11.1 Å². The van der Waals surface area contributed by atoms with Gasteiger partial charge in [0.15, 0.2) is 0 Å². The molecule has 136 valence electrons. The highest BCUT2D eigenvalue weighted by Crippen LogP contribution is 2.25. The standard InChI is InChI=1S/C23H24N4/c1-16-10-12-20(13-11-16)23(26-24-21-8-6-5-7-9-21)27-25-22-18(3)14-17(2)15-19(22)4/h5-15,24H,1-4H3/b26-23-,27-25?. The molecule has 1 N–H and O–H groups in total. The van der Waals surface area contributed by atoms with Gasteiger partial charge in [0, 0.05) is 5.56 Å². The first-order chi connectivity index (χ1) is 13.0. The number of hydrogen-bond acceptors (Lipinski definition) is 3. The first kappa shape index (κ1) is 18.5. The number of para-hydroxylation sites is 1. The van der Waals surface area contributed by atoms with Gasteiger partial charge in [-0.2, -0.15) is 5.10 Å². The van der Waals surface area contributed by atoms with Gasteiger partial charge in [0.25, 0.3) is 0 Å². The van der Waals surface area contributed by atoms with E-state index in [-0.39, 0.29) is 0 Å². The molecule has 27 heavy (non-hydrogen) atoms. The number of amidine groups is 1. The number of hydrogen-bond donors (Lipinski definition) is 1. The Balaban J connectivity index is 1.96. The minimum absolute atomic E-state index is 0.540. The van der Waals surface area contributed by atoms with Crippen LogP contribution in [0.25, 0.3) is 0 Å². The third kappa shape index (κ3) is 4.88. The van der Waals surface area contributed by atoms with E-state index in [1.54, 1.807) is 0 Å². The van der Waals surface area contributed by atoms with Crippen LogP contribution in [-0.4, -0.2) is 5.84 Å². The van der Waals surface area contributed by atoms with E-state index >= 15 is 0 Å². The Hall–Kier alpha value is -3.27. The van der Waals surface area contributed by atoms with Crippen LogP contribution in [0.15, 0.2) is 82.1 Å². The summed E-state index contributed by atoms with van der Waals surface area (Å²) in [6.07, 6.45) is 0. The van der Waals surface area contributed by atoms with Crippen molar-refractivity contribution in [3.63, 3.8) is 0 Å². The largest absolute Gasteiger partial charge is 0.276 e. The second kappa shape index (κ2) is 8.41. The van der Waals surface area contributed by atoms with Crippen molar-refractivity contribution >= 4 is 17.2 Å². The maximum absolute atomic E-state index is 4.51. The molecule has 3 aromatic carbocycles. The van der Waals surface area contributed by atoms with Gasteiger partial charge in [-0.05, 0) is 51.0 Å². The van der Waals surface area contributed by atoms with Crippen molar-refractivity contribution in [2.45, 2.75) is 27.7 Å². The number of hydrazone groups is 1. The van der Waals surface area contributed by atoms with Gasteiger partial charge < -0.3 is 0 Å². The van der Waals surface area contributed by atoms with Crippen molar-refractivity contribution < 1.29 is 0 Å². The van der Waals surface area contributed by atoms with Crippen LogP contribution in [-0.2, 0) is 0 Å². The summed E-state index contributed by atoms with van der Waals surface area (Å²) < 4.78 is 0. The number of nitrogens with one attached hydrogen (secondary N) is 1. The van der Waals surface area contributed by atoms with E-state index in [0.29, 0.717) is 5.84 Å². The molecule has 4 heteroatoms. The second-order valence-corrected chi connectivity index (χ2v) is 6.73. The van der Waals surface area contributed by atoms with Crippen molar-refractivity contribution in [2.24, 2.45) is 15.3 Å². The molecule has 0 fully saturated rings. The highest BCUT2D eigenvalue weighted by Gasteiger charge is 2.06. The van der Waals surface area contributed by atoms with Crippen LogP contribution in [0.1, 0.15) is 27.8 Å². The number of nitrogens with zero attached hydrogens (tertiary/aromatic N) is 3. The van der Waals surface area contributed by atoms with Gasteiger partial charge in [0.05, 0.1) is 11.4 Å². The van der Waals surface area contributed by atoms with Crippen LogP contribution < -0.4 is 5.43 Å². The quantitative estimate of drug-likeness (QED) is 0.247. The first-order valence-electron chi connectivity index (χ1n) is 8.98. The van der Waals surface area contributed by atoms with Crippen LogP contribution in [0, 0.1) is 27.7 Å². The normalized spacial score (nSPS) is 11.8. The fraction of sp³-hybridized carbons (Fsp3) is 0.174. The Labute approximate surface area is 160 Å². The molecule has 3 aromatic rings. The Morgan fingerprint density at radius 2 is 1.37 bits per heavy atom. The number of rotatable bonds is 4. The van der Waals surface area contributed by atoms with Gasteiger partial charge in [0.2, 0.25) is 5.84 Å². The van der Waals surface area contributed by atoms with E-state index in [2.05, 4.69) is 60.6 Å². The van der Waals surface area contributed by atoms with Gasteiger partial charge in [-0.15, -0.1) is 10.2 Å². The van der Waals surface area contributed by atoms with E-state index in [0.717, 1.165) is 28.1 Å². The summed E-state index contributed by atoms with van der Waals surface area (Å²) in [6.45, 7) is 8.26. The van der Waals surface area contributed by atoms with Gasteiger partial charge in [-0.3, -0.25) is 5.43 Å². The first-order valence-corrected chi connectivity index (χ1v) is 8.98. The summed E-state index contributed by atoms with van der Waals surface area (Å²) in [6, 6.07) is 22.2. The van der Waals surface area contributed by atoms with Gasteiger partial charge >= 0.3 is 0 Å². The summed E-state index contributed by atoms with van der Waals surface area (Å²) in [7, 11) is 0. The predicted octanol–water partition coefficient (Wildman–Crippen LogP) is 6.48. The maximum Gasteiger partial charge on any atom is 0.201 e. The molecule has 4 nitrogen and oxygen atoms in total. The summed E-state index contributed by atoms with van der Waals surface area (Å²) in [4.78, 5) is 0. The molecular weight excluding hydrogens is 332 g/mol. The van der Waals surface area contributed by atoms with Gasteiger partial charge in [0.1, 0.15) is 0 Å². The fourth-order valence-corrected chi connectivity index (χ4v) is 2.90. The molecule has 0 saturated heterocycles. The van der Waals surface area contributed by atoms with E-state index in [1.807, 2.05) is 54.6 Å². The summed E-state index contributed by atoms with van der Waals surface area (Å²) in [5.41, 5.74) is 10.4. The SMILES string of the molecule is Cc1ccc(/C(N=Nc2c(C)cc(C)cc2C)=N/Nc2ccccc2)cc1. The molecule has 0 bridgehead atoms. The van der Waals surface area contributed by atoms with Crippen molar-refractivity contribution in [1.29, 1.82) is 0 Å². The Morgan fingerprint density at radius 3 is 2.00 bits per heavy atom. The van der Waals surface area contributed by atoms with E-state index < -0.39 is 0 Å². The van der Waals surface area contributed by atoms with Crippen LogP contribution >= 0.6 is 0 Å². The maximum atomic E-state index is 4.51. The zero-order valence-corrected chi connectivity index (χ0v) is 16.2. The van der Waals surface area contributed by atoms with Crippen LogP contribution in [0.5, 0.6) is 0 Å². The Bertz CT molecular complexity index is 948. The third-order valence-electron chi connectivity index (χ3n) is 4.25. The van der Waals surface area contributed by atoms with Crippen molar-refractivity contribution in [3.8, 4) is 0 Å². The lowest BCUT2D eigenvalue weighted by Gasteiger charge is -2.07. The van der Waals surface area contributed by atoms with Gasteiger partial charge in [-0.25, -0.2) is 0 Å². The molecular formula is C23H24N4. The summed E-state index contributed by atoms with van der Waals surface area (Å²) >= 11 is 0. The zero-order valence-electron chi connectivity index (χ0n) is 16.2. The molecule has 0 aliphatic carbocycles. The number of anilines is 1. The van der Waals surface area contributed by atoms with E-state index in [9.17, 15) is 0 Å². The lowest BCUT2D eigenvalue weighted by molar-refractivity contribution is 1.18. The molecule has 0 atom stereocenters. The van der Waals surface area contributed by atoms with Gasteiger partial charge in [-0.1, -0.05) is 65.7 Å². The average molecular weight is 356 g/mol. The van der Waals surface area contributed by atoms with Crippen LogP contribution in [0.2, 0.25) is 0 Å². The highest BCUT2D eigenvalue weighted by atomic mass is 15.3. The van der Waals surface area contributed by atoms with Crippen LogP contribution in [0.4, 0.5) is 11.4 Å². The minimum Gasteiger partial charge on any atom is -0.276 e. The Morgan fingerprint density at radius 1 is 0.741 bits per heavy atom. The van der Waals surface area contributed by atoms with E-state index in [4.69, 9.17) is 0 Å². The molecule has 0 saturated carbocycles. The molecule has 0 radical (unpaired) electrons. The smallest absolute Gasteiger partial charge is 0.201 e. The van der Waals surface area contributed by atoms with Crippen LogP contribution in [0.3, 0.4) is 0 Å². The van der Waals surface area contributed by atoms with Crippen molar-refractivity contribution in [2.75, 3.05) is 5.43 Å². The number of azo groups is 1. The molecule has 0 unspecified atom stereocenters.